The number of benzene rings is 1. The number of carbonyl (C=O) groups is 2. The van der Waals surface area contributed by atoms with E-state index in [0.29, 0.717) is 13.1 Å². The molecule has 0 saturated carbocycles. The van der Waals surface area contributed by atoms with Crippen LogP contribution in [0.1, 0.15) is 45.6 Å². The van der Waals surface area contributed by atoms with E-state index in [4.69, 9.17) is 9.47 Å². The summed E-state index contributed by atoms with van der Waals surface area (Å²) in [4.78, 5) is 26.4. The van der Waals surface area contributed by atoms with Gasteiger partial charge in [-0.2, -0.15) is 0 Å². The molecular weight excluding hydrogens is 344 g/mol. The molecule has 6 heteroatoms. The molecule has 1 saturated heterocycles. The van der Waals surface area contributed by atoms with Gasteiger partial charge in [0.15, 0.2) is 0 Å². The van der Waals surface area contributed by atoms with Crippen LogP contribution in [0.5, 0.6) is 5.75 Å². The topological polar surface area (TPSA) is 67.9 Å². The van der Waals surface area contributed by atoms with Gasteiger partial charge in [-0.05, 0) is 63.8 Å². The van der Waals surface area contributed by atoms with E-state index in [9.17, 15) is 9.59 Å². The lowest BCUT2D eigenvalue weighted by atomic mass is 10.0. The normalized spacial score (nSPS) is 17.6. The molecule has 1 aliphatic heterocycles. The van der Waals surface area contributed by atoms with Gasteiger partial charge in [-0.3, -0.25) is 4.79 Å². The molecule has 1 N–H and O–H groups in total. The first-order chi connectivity index (χ1) is 12.8. The Morgan fingerprint density at radius 1 is 1.30 bits per heavy atom. The van der Waals surface area contributed by atoms with Gasteiger partial charge in [-0.1, -0.05) is 12.1 Å². The number of piperidine rings is 1. The second-order valence-corrected chi connectivity index (χ2v) is 7.67. The lowest BCUT2D eigenvalue weighted by molar-refractivity contribution is -0.129. The van der Waals surface area contributed by atoms with Crippen molar-refractivity contribution in [3.05, 3.63) is 35.9 Å². The summed E-state index contributed by atoms with van der Waals surface area (Å²) in [6, 6.07) is 7.53. The second-order valence-electron chi connectivity index (χ2n) is 7.67. The minimum atomic E-state index is -0.536. The van der Waals surface area contributed by atoms with Crippen molar-refractivity contribution >= 4 is 18.1 Å². The Hall–Kier alpha value is -2.50. The number of amides is 2. The standard InChI is InChI=1S/C21H30N2O4/c1-21(2,3)27-20(25)22-15-17-9-5-6-13-23(17)19(24)12-11-16-8-7-10-18(14-16)26-4/h7-8,10-12,14,17H,5-6,9,13,15H2,1-4H3,(H,22,25)/b12-11+. The van der Waals surface area contributed by atoms with Crippen molar-refractivity contribution in [2.24, 2.45) is 0 Å². The predicted octanol–water partition coefficient (Wildman–Crippen LogP) is 3.61. The van der Waals surface area contributed by atoms with Crippen LogP contribution in [0.2, 0.25) is 0 Å². The summed E-state index contributed by atoms with van der Waals surface area (Å²) in [6.07, 6.45) is 5.81. The number of hydrogen-bond acceptors (Lipinski definition) is 4. The zero-order valence-electron chi connectivity index (χ0n) is 16.7. The minimum Gasteiger partial charge on any atom is -0.497 e. The molecule has 0 aromatic heterocycles. The molecule has 1 aliphatic rings. The van der Waals surface area contributed by atoms with E-state index in [1.54, 1.807) is 19.3 Å². The number of hydrogen-bond donors (Lipinski definition) is 1. The van der Waals surface area contributed by atoms with Crippen LogP contribution in [-0.2, 0) is 9.53 Å². The number of rotatable bonds is 5. The van der Waals surface area contributed by atoms with Crippen LogP contribution in [0.15, 0.2) is 30.3 Å². The third-order valence-corrected chi connectivity index (χ3v) is 4.30. The molecule has 0 bridgehead atoms. The quantitative estimate of drug-likeness (QED) is 0.800. The first-order valence-corrected chi connectivity index (χ1v) is 9.38. The first-order valence-electron chi connectivity index (χ1n) is 9.38. The Bertz CT molecular complexity index is 679. The smallest absolute Gasteiger partial charge is 0.407 e. The maximum atomic E-state index is 12.7. The maximum Gasteiger partial charge on any atom is 0.407 e. The van der Waals surface area contributed by atoms with Crippen LogP contribution in [0.4, 0.5) is 4.79 Å². The third kappa shape index (κ3) is 6.96. The SMILES string of the molecule is COc1cccc(/C=C/C(=O)N2CCCCC2CNC(=O)OC(C)(C)C)c1. The molecule has 2 amide bonds. The zero-order chi connectivity index (χ0) is 19.9. The predicted molar refractivity (Wildman–Crippen MR) is 106 cm³/mol. The van der Waals surface area contributed by atoms with E-state index < -0.39 is 11.7 Å². The lowest BCUT2D eigenvalue weighted by Gasteiger charge is -2.35. The van der Waals surface area contributed by atoms with Crippen molar-refractivity contribution in [2.75, 3.05) is 20.2 Å². The van der Waals surface area contributed by atoms with E-state index in [1.165, 1.54) is 0 Å². The fourth-order valence-corrected chi connectivity index (χ4v) is 3.03. The second kappa shape index (κ2) is 9.44. The van der Waals surface area contributed by atoms with Crippen molar-refractivity contribution in [2.45, 2.75) is 51.7 Å². The van der Waals surface area contributed by atoms with E-state index in [-0.39, 0.29) is 11.9 Å². The summed E-state index contributed by atoms with van der Waals surface area (Å²) < 4.78 is 10.5. The molecule has 148 valence electrons. The van der Waals surface area contributed by atoms with E-state index in [2.05, 4.69) is 5.32 Å². The van der Waals surface area contributed by atoms with Gasteiger partial charge in [0.2, 0.25) is 5.91 Å². The number of carbonyl (C=O) groups excluding carboxylic acids is 2. The van der Waals surface area contributed by atoms with Crippen LogP contribution in [-0.4, -0.2) is 48.7 Å². The molecule has 1 unspecified atom stereocenters. The van der Waals surface area contributed by atoms with Gasteiger partial charge in [0, 0.05) is 25.2 Å². The Labute approximate surface area is 161 Å². The van der Waals surface area contributed by atoms with Crippen molar-refractivity contribution in [3.63, 3.8) is 0 Å². The van der Waals surface area contributed by atoms with Crippen molar-refractivity contribution < 1.29 is 19.1 Å². The molecule has 0 aliphatic carbocycles. The van der Waals surface area contributed by atoms with Crippen LogP contribution in [0.25, 0.3) is 6.08 Å². The lowest BCUT2D eigenvalue weighted by Crippen LogP contribution is -2.49. The average Bonchev–Trinajstić information content (AvgIpc) is 2.63. The highest BCUT2D eigenvalue weighted by Crippen LogP contribution is 2.18. The summed E-state index contributed by atoms with van der Waals surface area (Å²) >= 11 is 0. The van der Waals surface area contributed by atoms with Gasteiger partial charge in [-0.15, -0.1) is 0 Å². The number of nitrogens with zero attached hydrogens (tertiary/aromatic N) is 1. The van der Waals surface area contributed by atoms with Gasteiger partial charge in [0.05, 0.1) is 7.11 Å². The Morgan fingerprint density at radius 3 is 2.78 bits per heavy atom. The van der Waals surface area contributed by atoms with E-state index >= 15 is 0 Å². The summed E-state index contributed by atoms with van der Waals surface area (Å²) in [6.45, 7) is 6.57. The van der Waals surface area contributed by atoms with Gasteiger partial charge < -0.3 is 19.7 Å². The first kappa shape index (κ1) is 20.8. The molecular formula is C21H30N2O4. The van der Waals surface area contributed by atoms with Crippen molar-refractivity contribution in [1.29, 1.82) is 0 Å². The molecule has 1 aromatic rings. The summed E-state index contributed by atoms with van der Waals surface area (Å²) in [5, 5.41) is 2.79. The summed E-state index contributed by atoms with van der Waals surface area (Å²) in [5.74, 6) is 0.704. The van der Waals surface area contributed by atoms with Crippen LogP contribution < -0.4 is 10.1 Å². The number of likely N-dealkylation sites (tertiary alicyclic amines) is 1. The molecule has 6 nitrogen and oxygen atoms in total. The molecule has 1 fully saturated rings. The number of methoxy groups -OCH3 is 1. The largest absolute Gasteiger partial charge is 0.497 e. The van der Waals surface area contributed by atoms with Crippen molar-refractivity contribution in [3.8, 4) is 5.75 Å². The highest BCUT2D eigenvalue weighted by Gasteiger charge is 2.26. The Kier molecular flexibility index (Phi) is 7.28. The fourth-order valence-electron chi connectivity index (χ4n) is 3.03. The number of ether oxygens (including phenoxy) is 2. The summed E-state index contributed by atoms with van der Waals surface area (Å²) in [7, 11) is 1.62. The van der Waals surface area contributed by atoms with Crippen LogP contribution in [0, 0.1) is 0 Å². The molecule has 0 radical (unpaired) electrons. The number of nitrogens with one attached hydrogen (secondary N) is 1. The molecule has 2 rings (SSSR count). The maximum absolute atomic E-state index is 12.7. The van der Waals surface area contributed by atoms with Gasteiger partial charge in [0.1, 0.15) is 11.4 Å². The number of alkyl carbamates (subject to hydrolysis) is 1. The van der Waals surface area contributed by atoms with Crippen LogP contribution in [0.3, 0.4) is 0 Å². The molecule has 1 heterocycles. The zero-order valence-corrected chi connectivity index (χ0v) is 16.7. The van der Waals surface area contributed by atoms with E-state index in [1.807, 2.05) is 49.9 Å². The highest BCUT2D eigenvalue weighted by atomic mass is 16.6. The molecule has 27 heavy (non-hydrogen) atoms. The van der Waals surface area contributed by atoms with Crippen molar-refractivity contribution in [1.82, 2.24) is 10.2 Å². The third-order valence-electron chi connectivity index (χ3n) is 4.30. The Morgan fingerprint density at radius 2 is 2.07 bits per heavy atom. The monoisotopic (exact) mass is 374 g/mol. The minimum absolute atomic E-state index is 0.0197. The van der Waals surface area contributed by atoms with Gasteiger partial charge in [0.25, 0.3) is 0 Å². The van der Waals surface area contributed by atoms with E-state index in [0.717, 1.165) is 30.6 Å². The van der Waals surface area contributed by atoms with Gasteiger partial charge >= 0.3 is 6.09 Å². The molecule has 1 atom stereocenters. The fraction of sp³-hybridized carbons (Fsp3) is 0.524. The highest BCUT2D eigenvalue weighted by molar-refractivity contribution is 5.92. The molecule has 0 spiro atoms. The van der Waals surface area contributed by atoms with Crippen LogP contribution >= 0.6 is 0 Å². The summed E-state index contributed by atoms with van der Waals surface area (Å²) in [5.41, 5.74) is 0.370. The Balaban J connectivity index is 1.95. The van der Waals surface area contributed by atoms with Gasteiger partial charge in [-0.25, -0.2) is 4.79 Å². The molecule has 1 aromatic carbocycles. The average molecular weight is 374 g/mol.